The van der Waals surface area contributed by atoms with E-state index in [1.807, 2.05) is 18.2 Å². The number of hydrogen-bond donors (Lipinski definition) is 0. The smallest absolute Gasteiger partial charge is 0.183 e. The summed E-state index contributed by atoms with van der Waals surface area (Å²) in [6.07, 6.45) is 5.14. The molecule has 4 heteroatoms. The first kappa shape index (κ1) is 19.7. The predicted molar refractivity (Wildman–Crippen MR) is 99.9 cm³/mol. The quantitative estimate of drug-likeness (QED) is 0.328. The molecular weight excluding hydrogens is 304 g/mol. The van der Waals surface area contributed by atoms with E-state index in [-0.39, 0.29) is 6.10 Å². The van der Waals surface area contributed by atoms with Crippen molar-refractivity contribution in [1.82, 2.24) is 0 Å². The number of hydrogen-bond acceptors (Lipinski definition) is 3. The largest absolute Gasteiger partial charge is 0.494 e. The van der Waals surface area contributed by atoms with Crippen LogP contribution in [0.5, 0.6) is 0 Å². The maximum Gasteiger partial charge on any atom is 0.183 e. The average Bonchev–Trinajstić information content (AvgIpc) is 2.52. The third-order valence-corrected chi connectivity index (χ3v) is 4.16. The Hall–Kier alpha value is -1.36. The Kier molecular flexibility index (Phi) is 8.92. The summed E-state index contributed by atoms with van der Waals surface area (Å²) in [6.45, 7) is 14.0. The van der Waals surface area contributed by atoms with Crippen molar-refractivity contribution in [2.75, 3.05) is 19.8 Å². The van der Waals surface area contributed by atoms with Crippen molar-refractivity contribution >= 4 is 14.4 Å². The van der Waals surface area contributed by atoms with Gasteiger partial charge in [-0.15, -0.1) is 0 Å². The normalized spacial score (nSPS) is 13.2. The van der Waals surface area contributed by atoms with Crippen molar-refractivity contribution < 1.29 is 13.9 Å². The van der Waals surface area contributed by atoms with E-state index in [1.54, 1.807) is 0 Å². The summed E-state index contributed by atoms with van der Waals surface area (Å²) in [5.74, 6) is 0.649. The van der Waals surface area contributed by atoms with Gasteiger partial charge >= 0.3 is 0 Å². The summed E-state index contributed by atoms with van der Waals surface area (Å²) in [5.41, 5.74) is 1.17. The summed E-state index contributed by atoms with van der Waals surface area (Å²) in [5, 5.41) is 0. The summed E-state index contributed by atoms with van der Waals surface area (Å²) >= 11 is 0. The van der Waals surface area contributed by atoms with Crippen molar-refractivity contribution in [2.45, 2.75) is 39.1 Å². The lowest BCUT2D eigenvalue weighted by atomic mass is 10.1. The molecular formula is C19H30O3Si. The second-order valence-electron chi connectivity index (χ2n) is 6.38. The zero-order chi connectivity index (χ0) is 17.1. The standard InChI is InChI=1S/C19H30O3Si/c1-6-19(13-12-18-10-8-7-9-11-18)21-16-17(2)20-14-15-22-23(3,4)5/h7-13,19H,2,6,14-16H2,1,3-5H3/b13-12+. The Balaban J connectivity index is 2.26. The van der Waals surface area contributed by atoms with E-state index in [9.17, 15) is 0 Å². The van der Waals surface area contributed by atoms with Crippen LogP contribution in [0.15, 0.2) is 48.7 Å². The number of ether oxygens (including phenoxy) is 2. The summed E-state index contributed by atoms with van der Waals surface area (Å²) in [6, 6.07) is 10.2. The molecule has 23 heavy (non-hydrogen) atoms. The summed E-state index contributed by atoms with van der Waals surface area (Å²) in [4.78, 5) is 0. The maximum atomic E-state index is 5.83. The van der Waals surface area contributed by atoms with Crippen LogP contribution in [0, 0.1) is 0 Å². The zero-order valence-electron chi connectivity index (χ0n) is 14.9. The fraction of sp³-hybridized carbons (Fsp3) is 0.474. The van der Waals surface area contributed by atoms with Gasteiger partial charge in [0.1, 0.15) is 19.0 Å². The SMILES string of the molecule is C=C(COC(/C=C/c1ccccc1)CC)OCCO[Si](C)(C)C. The van der Waals surface area contributed by atoms with E-state index in [2.05, 4.69) is 57.4 Å². The van der Waals surface area contributed by atoms with Gasteiger partial charge in [0.25, 0.3) is 0 Å². The fourth-order valence-corrected chi connectivity index (χ4v) is 2.56. The molecule has 0 radical (unpaired) electrons. The Morgan fingerprint density at radius 2 is 1.87 bits per heavy atom. The summed E-state index contributed by atoms with van der Waals surface area (Å²) in [7, 11) is -1.46. The van der Waals surface area contributed by atoms with Crippen LogP contribution in [0.2, 0.25) is 19.6 Å². The molecule has 0 saturated carbocycles. The molecule has 0 aliphatic heterocycles. The molecule has 0 heterocycles. The van der Waals surface area contributed by atoms with Gasteiger partial charge in [-0.25, -0.2) is 0 Å². The topological polar surface area (TPSA) is 27.7 Å². The second-order valence-corrected chi connectivity index (χ2v) is 10.9. The molecule has 0 fully saturated rings. The van der Waals surface area contributed by atoms with Crippen molar-refractivity contribution in [3.63, 3.8) is 0 Å². The third kappa shape index (κ3) is 10.1. The predicted octanol–water partition coefficient (Wildman–Crippen LogP) is 4.88. The van der Waals surface area contributed by atoms with Crippen LogP contribution in [0.3, 0.4) is 0 Å². The highest BCUT2D eigenvalue weighted by molar-refractivity contribution is 6.69. The second kappa shape index (κ2) is 10.4. The van der Waals surface area contributed by atoms with Crippen molar-refractivity contribution in [3.8, 4) is 0 Å². The van der Waals surface area contributed by atoms with E-state index >= 15 is 0 Å². The van der Waals surface area contributed by atoms with E-state index < -0.39 is 8.32 Å². The molecule has 1 unspecified atom stereocenters. The molecule has 1 aromatic carbocycles. The highest BCUT2D eigenvalue weighted by Crippen LogP contribution is 2.08. The molecule has 0 aliphatic rings. The average molecular weight is 335 g/mol. The third-order valence-electron chi connectivity index (χ3n) is 3.09. The van der Waals surface area contributed by atoms with Gasteiger partial charge in [0.15, 0.2) is 8.32 Å². The van der Waals surface area contributed by atoms with Gasteiger partial charge in [-0.1, -0.05) is 56.0 Å². The molecule has 0 amide bonds. The molecule has 1 aromatic rings. The maximum absolute atomic E-state index is 5.83. The van der Waals surface area contributed by atoms with Crippen LogP contribution in [-0.2, 0) is 13.9 Å². The van der Waals surface area contributed by atoms with Gasteiger partial charge in [0.05, 0.1) is 12.7 Å². The molecule has 3 nitrogen and oxygen atoms in total. The molecule has 1 rings (SSSR count). The minimum Gasteiger partial charge on any atom is -0.494 e. The van der Waals surface area contributed by atoms with Gasteiger partial charge in [0, 0.05) is 0 Å². The molecule has 128 valence electrons. The summed E-state index contributed by atoms with van der Waals surface area (Å²) < 4.78 is 17.1. The molecule has 0 saturated heterocycles. The molecule has 0 aliphatic carbocycles. The van der Waals surface area contributed by atoms with Gasteiger partial charge in [-0.05, 0) is 31.6 Å². The molecule has 0 bridgehead atoms. The molecule has 0 spiro atoms. The van der Waals surface area contributed by atoms with Crippen LogP contribution in [0.1, 0.15) is 18.9 Å². The Labute approximate surface area is 142 Å². The lowest BCUT2D eigenvalue weighted by Gasteiger charge is -2.18. The highest BCUT2D eigenvalue weighted by atomic mass is 28.4. The van der Waals surface area contributed by atoms with E-state index in [0.29, 0.717) is 25.6 Å². The van der Waals surface area contributed by atoms with Gasteiger partial charge < -0.3 is 13.9 Å². The minimum atomic E-state index is -1.46. The van der Waals surface area contributed by atoms with E-state index in [1.165, 1.54) is 5.56 Å². The molecule has 1 atom stereocenters. The number of rotatable bonds is 11. The van der Waals surface area contributed by atoms with Crippen molar-refractivity contribution in [2.24, 2.45) is 0 Å². The van der Waals surface area contributed by atoms with Crippen LogP contribution in [0.25, 0.3) is 6.08 Å². The first-order valence-electron chi connectivity index (χ1n) is 8.20. The lowest BCUT2D eigenvalue weighted by molar-refractivity contribution is 0.0559. The highest BCUT2D eigenvalue weighted by Gasteiger charge is 2.13. The first-order valence-corrected chi connectivity index (χ1v) is 11.6. The Morgan fingerprint density at radius 1 is 1.17 bits per heavy atom. The molecule has 0 aromatic heterocycles. The van der Waals surface area contributed by atoms with Crippen LogP contribution in [0.4, 0.5) is 0 Å². The van der Waals surface area contributed by atoms with E-state index in [4.69, 9.17) is 13.9 Å². The zero-order valence-corrected chi connectivity index (χ0v) is 15.9. The van der Waals surface area contributed by atoms with Gasteiger partial charge in [0.2, 0.25) is 0 Å². The van der Waals surface area contributed by atoms with Crippen molar-refractivity contribution in [1.29, 1.82) is 0 Å². The Bertz CT molecular complexity index is 477. The first-order chi connectivity index (χ1) is 10.9. The fourth-order valence-electron chi connectivity index (χ4n) is 1.87. The minimum absolute atomic E-state index is 0.0637. The van der Waals surface area contributed by atoms with Crippen LogP contribution in [-0.4, -0.2) is 34.2 Å². The lowest BCUT2D eigenvalue weighted by Crippen LogP contribution is -2.27. The monoisotopic (exact) mass is 334 g/mol. The van der Waals surface area contributed by atoms with Gasteiger partial charge in [-0.3, -0.25) is 0 Å². The van der Waals surface area contributed by atoms with Gasteiger partial charge in [-0.2, -0.15) is 0 Å². The van der Waals surface area contributed by atoms with Crippen molar-refractivity contribution in [3.05, 3.63) is 54.3 Å². The van der Waals surface area contributed by atoms with Crippen LogP contribution < -0.4 is 0 Å². The van der Waals surface area contributed by atoms with E-state index in [0.717, 1.165) is 6.42 Å². The number of benzene rings is 1. The van der Waals surface area contributed by atoms with Crippen LogP contribution >= 0.6 is 0 Å². The molecule has 0 N–H and O–H groups in total. The Morgan fingerprint density at radius 3 is 2.48 bits per heavy atom.